The minimum Gasteiger partial charge on any atom is -0.481 e. The van der Waals surface area contributed by atoms with Gasteiger partial charge in [0.05, 0.1) is 14.2 Å². The van der Waals surface area contributed by atoms with Crippen LogP contribution in [-0.4, -0.2) is 39.4 Å². The molecule has 6 nitrogen and oxygen atoms in total. The lowest BCUT2D eigenvalue weighted by molar-refractivity contribution is -0.143. The zero-order valence-electron chi connectivity index (χ0n) is 17.7. The maximum absolute atomic E-state index is 11.8. The van der Waals surface area contributed by atoms with Crippen LogP contribution in [0.5, 0.6) is 11.5 Å². The maximum atomic E-state index is 11.8. The Hall–Kier alpha value is -3.28. The van der Waals surface area contributed by atoms with Gasteiger partial charge in [0, 0.05) is 21.5 Å². The Kier molecular flexibility index (Phi) is 6.77. The van der Waals surface area contributed by atoms with Gasteiger partial charge in [-0.1, -0.05) is 44.2 Å². The maximum Gasteiger partial charge on any atom is 0.343 e. The van der Waals surface area contributed by atoms with Crippen molar-refractivity contribution in [3.8, 4) is 11.5 Å². The number of hydrogen-bond acceptors (Lipinski definition) is 6. The normalized spacial score (nSPS) is 10.8. The van der Waals surface area contributed by atoms with Gasteiger partial charge >= 0.3 is 11.9 Å². The van der Waals surface area contributed by atoms with Crippen molar-refractivity contribution in [1.82, 2.24) is 0 Å². The third kappa shape index (κ3) is 4.17. The Morgan fingerprint density at radius 3 is 2.03 bits per heavy atom. The van der Waals surface area contributed by atoms with Crippen molar-refractivity contribution in [2.45, 2.75) is 26.7 Å². The molecule has 0 N–H and O–H groups in total. The average Bonchev–Trinajstić information content (AvgIpc) is 2.79. The van der Waals surface area contributed by atoms with Crippen LogP contribution in [0, 0.1) is 0 Å². The fraction of sp³-hybridized carbons (Fsp3) is 0.333. The van der Waals surface area contributed by atoms with Gasteiger partial charge in [0.25, 0.3) is 0 Å². The lowest BCUT2D eigenvalue weighted by atomic mass is 9.94. The number of fused-ring (bicyclic) bond motifs is 2. The van der Waals surface area contributed by atoms with Crippen LogP contribution in [0.1, 0.15) is 25.0 Å². The van der Waals surface area contributed by atoms with Crippen molar-refractivity contribution in [2.24, 2.45) is 0 Å². The molecule has 0 aliphatic heterocycles. The first kappa shape index (κ1) is 21.4. The second kappa shape index (κ2) is 9.48. The predicted molar refractivity (Wildman–Crippen MR) is 115 cm³/mol. The number of aryl methyl sites for hydroxylation is 2. The monoisotopic (exact) mass is 410 g/mol. The quantitative estimate of drug-likeness (QED) is 0.409. The van der Waals surface area contributed by atoms with Crippen LogP contribution in [0.4, 0.5) is 0 Å². The summed E-state index contributed by atoms with van der Waals surface area (Å²) in [5.74, 6) is 0.291. The first-order chi connectivity index (χ1) is 14.5. The highest BCUT2D eigenvalue weighted by Crippen LogP contribution is 2.44. The summed E-state index contributed by atoms with van der Waals surface area (Å²) in [5.41, 5.74) is 2.17. The van der Waals surface area contributed by atoms with Crippen molar-refractivity contribution < 1.29 is 28.5 Å². The summed E-state index contributed by atoms with van der Waals surface area (Å²) in [6.45, 7) is 3.73. The predicted octanol–water partition coefficient (Wildman–Crippen LogP) is 4.22. The van der Waals surface area contributed by atoms with Crippen molar-refractivity contribution in [1.29, 1.82) is 0 Å². The Morgan fingerprint density at radius 1 is 0.767 bits per heavy atom. The van der Waals surface area contributed by atoms with Gasteiger partial charge in [-0.25, -0.2) is 9.59 Å². The summed E-state index contributed by atoms with van der Waals surface area (Å²) >= 11 is 0. The molecule has 3 aromatic carbocycles. The summed E-state index contributed by atoms with van der Waals surface area (Å²) in [6.07, 6.45) is 1.61. The molecule has 30 heavy (non-hydrogen) atoms. The van der Waals surface area contributed by atoms with E-state index in [2.05, 4.69) is 13.8 Å². The summed E-state index contributed by atoms with van der Waals surface area (Å²) in [7, 11) is 2.66. The molecule has 0 amide bonds. The summed E-state index contributed by atoms with van der Waals surface area (Å²) < 4.78 is 21.4. The summed E-state index contributed by atoms with van der Waals surface area (Å²) in [5, 5.41) is 3.31. The van der Waals surface area contributed by atoms with Gasteiger partial charge in [-0.3, -0.25) is 0 Å². The molecule has 0 atom stereocenters. The Labute approximate surface area is 175 Å². The number of rotatable bonds is 8. The zero-order valence-corrected chi connectivity index (χ0v) is 17.7. The summed E-state index contributed by atoms with van der Waals surface area (Å²) in [4.78, 5) is 23.5. The Bertz CT molecular complexity index is 1080. The first-order valence-electron chi connectivity index (χ1n) is 9.93. The molecule has 0 spiro atoms. The molecule has 0 saturated carbocycles. The number of hydrogen-bond donors (Lipinski definition) is 0. The molecule has 0 bridgehead atoms. The lowest BCUT2D eigenvalue weighted by Gasteiger charge is -2.19. The molecule has 158 valence electrons. The van der Waals surface area contributed by atoms with Crippen LogP contribution in [0.15, 0.2) is 36.4 Å². The number of carbonyl (C=O) groups is 2. The van der Waals surface area contributed by atoms with E-state index in [1.165, 1.54) is 14.2 Å². The van der Waals surface area contributed by atoms with Gasteiger partial charge < -0.3 is 18.9 Å². The van der Waals surface area contributed by atoms with Gasteiger partial charge in [0.1, 0.15) is 11.5 Å². The molecule has 0 unspecified atom stereocenters. The van der Waals surface area contributed by atoms with Crippen LogP contribution < -0.4 is 9.47 Å². The second-order valence-electron chi connectivity index (χ2n) is 6.81. The third-order valence-corrected chi connectivity index (χ3v) is 5.11. The van der Waals surface area contributed by atoms with Crippen LogP contribution in [0.25, 0.3) is 21.5 Å². The highest BCUT2D eigenvalue weighted by molar-refractivity contribution is 6.12. The number of carbonyl (C=O) groups excluding carboxylic acids is 2. The highest BCUT2D eigenvalue weighted by atomic mass is 16.6. The zero-order chi connectivity index (χ0) is 21.7. The van der Waals surface area contributed by atoms with Crippen LogP contribution >= 0.6 is 0 Å². The minimum absolute atomic E-state index is 0.198. The largest absolute Gasteiger partial charge is 0.481 e. The number of methoxy groups -OCH3 is 2. The third-order valence-electron chi connectivity index (χ3n) is 5.11. The standard InChI is InChI=1S/C24H26O6/c1-5-15-10-11-17-19(12-15)23(29-13-20(25)27-3)18-9-7-8-16(6-2)22(18)24(17)30-14-21(26)28-4/h7-12H,5-6,13-14H2,1-4H3. The van der Waals surface area contributed by atoms with Crippen molar-refractivity contribution in [3.05, 3.63) is 47.5 Å². The molecule has 0 fully saturated rings. The molecule has 0 aliphatic rings. The molecule has 0 heterocycles. The van der Waals surface area contributed by atoms with Crippen molar-refractivity contribution in [3.63, 3.8) is 0 Å². The van der Waals surface area contributed by atoms with E-state index in [0.29, 0.717) is 11.5 Å². The van der Waals surface area contributed by atoms with Crippen molar-refractivity contribution >= 4 is 33.5 Å². The average molecular weight is 410 g/mol. The number of benzene rings is 3. The molecule has 3 rings (SSSR count). The van der Waals surface area contributed by atoms with Crippen molar-refractivity contribution in [2.75, 3.05) is 27.4 Å². The van der Waals surface area contributed by atoms with E-state index in [4.69, 9.17) is 18.9 Å². The molecule has 0 aromatic heterocycles. The fourth-order valence-electron chi connectivity index (χ4n) is 3.51. The Balaban J connectivity index is 2.33. The van der Waals surface area contributed by atoms with E-state index >= 15 is 0 Å². The first-order valence-corrected chi connectivity index (χ1v) is 9.93. The molecule has 0 saturated heterocycles. The second-order valence-corrected chi connectivity index (χ2v) is 6.81. The smallest absolute Gasteiger partial charge is 0.343 e. The molecule has 3 aromatic rings. The van der Waals surface area contributed by atoms with Gasteiger partial charge in [0.2, 0.25) is 0 Å². The van der Waals surface area contributed by atoms with E-state index < -0.39 is 11.9 Å². The van der Waals surface area contributed by atoms with Gasteiger partial charge in [-0.05, 0) is 30.0 Å². The van der Waals surface area contributed by atoms with Crippen LogP contribution in [-0.2, 0) is 31.9 Å². The fourth-order valence-corrected chi connectivity index (χ4v) is 3.51. The van der Waals surface area contributed by atoms with E-state index in [0.717, 1.165) is 45.5 Å². The number of ether oxygens (including phenoxy) is 4. The van der Waals surface area contributed by atoms with Gasteiger partial charge in [0.15, 0.2) is 13.2 Å². The van der Waals surface area contributed by atoms with Gasteiger partial charge in [-0.15, -0.1) is 0 Å². The Morgan fingerprint density at radius 2 is 1.43 bits per heavy atom. The van der Waals surface area contributed by atoms with Crippen LogP contribution in [0.2, 0.25) is 0 Å². The molecular formula is C24H26O6. The summed E-state index contributed by atoms with van der Waals surface area (Å²) in [6, 6.07) is 11.9. The van der Waals surface area contributed by atoms with E-state index in [9.17, 15) is 9.59 Å². The highest BCUT2D eigenvalue weighted by Gasteiger charge is 2.20. The number of esters is 2. The molecule has 0 aliphatic carbocycles. The van der Waals surface area contributed by atoms with E-state index in [1.807, 2.05) is 36.4 Å². The molecular weight excluding hydrogens is 384 g/mol. The van der Waals surface area contributed by atoms with E-state index in [1.54, 1.807) is 0 Å². The minimum atomic E-state index is -0.458. The van der Waals surface area contributed by atoms with Gasteiger partial charge in [-0.2, -0.15) is 0 Å². The molecule has 6 heteroatoms. The molecule has 0 radical (unpaired) electrons. The lowest BCUT2D eigenvalue weighted by Crippen LogP contribution is -2.14. The SMILES string of the molecule is CCc1ccc2c(OCC(=O)OC)c3c(CC)cccc3c(OCC(=O)OC)c2c1. The van der Waals surface area contributed by atoms with Crippen LogP contribution in [0.3, 0.4) is 0 Å². The topological polar surface area (TPSA) is 71.1 Å². The van der Waals surface area contributed by atoms with E-state index in [-0.39, 0.29) is 13.2 Å².